The maximum atomic E-state index is 12.6. The summed E-state index contributed by atoms with van der Waals surface area (Å²) in [6.07, 6.45) is 1.09. The maximum Gasteiger partial charge on any atom is 0.330 e. The van der Waals surface area contributed by atoms with Gasteiger partial charge in [-0.3, -0.25) is 9.59 Å². The van der Waals surface area contributed by atoms with Crippen LogP contribution in [0.1, 0.15) is 39.2 Å². The number of hydrogen-bond donors (Lipinski definition) is 1. The van der Waals surface area contributed by atoms with Crippen LogP contribution in [0.5, 0.6) is 0 Å². The minimum absolute atomic E-state index is 0.00382. The molecule has 2 amide bonds. The molecule has 2 fully saturated rings. The van der Waals surface area contributed by atoms with Crippen LogP contribution in [0.15, 0.2) is 30.3 Å². The van der Waals surface area contributed by atoms with Gasteiger partial charge in [-0.2, -0.15) is 0 Å². The van der Waals surface area contributed by atoms with Gasteiger partial charge in [-0.05, 0) is 24.8 Å². The van der Waals surface area contributed by atoms with E-state index < -0.39 is 16.9 Å². The molecule has 0 spiro atoms. The van der Waals surface area contributed by atoms with E-state index in [0.717, 1.165) is 5.56 Å². The van der Waals surface area contributed by atoms with Gasteiger partial charge in [-0.1, -0.05) is 44.2 Å². The zero-order chi connectivity index (χ0) is 19.6. The maximum absolute atomic E-state index is 12.6. The predicted octanol–water partition coefficient (Wildman–Crippen LogP) is 2.28. The Labute approximate surface area is 164 Å². The molecule has 0 unspecified atom stereocenters. The van der Waals surface area contributed by atoms with Gasteiger partial charge in [0.05, 0.1) is 0 Å². The number of benzene rings is 1. The molecule has 3 atom stereocenters. The van der Waals surface area contributed by atoms with Gasteiger partial charge in [-0.15, -0.1) is 11.8 Å². The Kier molecular flexibility index (Phi) is 5.79. The van der Waals surface area contributed by atoms with Gasteiger partial charge in [-0.25, -0.2) is 4.79 Å². The summed E-state index contributed by atoms with van der Waals surface area (Å²) in [7, 11) is 0. The molecule has 27 heavy (non-hydrogen) atoms. The molecule has 2 aliphatic rings. The van der Waals surface area contributed by atoms with Gasteiger partial charge in [0.15, 0.2) is 6.61 Å². The fraction of sp³-hybridized carbons (Fsp3) is 0.550. The Bertz CT molecular complexity index is 724. The van der Waals surface area contributed by atoms with Crippen LogP contribution in [0, 0.1) is 5.92 Å². The van der Waals surface area contributed by atoms with Crippen LogP contribution in [0.25, 0.3) is 0 Å². The van der Waals surface area contributed by atoms with E-state index in [9.17, 15) is 14.4 Å². The van der Waals surface area contributed by atoms with Crippen molar-refractivity contribution in [3.8, 4) is 0 Å². The van der Waals surface area contributed by atoms with Crippen LogP contribution < -0.4 is 5.32 Å². The molecule has 7 heteroatoms. The largest absolute Gasteiger partial charge is 0.454 e. The molecule has 1 N–H and O–H groups in total. The molecular formula is C20H26N2O4S. The summed E-state index contributed by atoms with van der Waals surface area (Å²) >= 11 is 1.61. The normalized spacial score (nSPS) is 25.4. The smallest absolute Gasteiger partial charge is 0.330 e. The van der Waals surface area contributed by atoms with Crippen LogP contribution in [-0.4, -0.2) is 47.1 Å². The summed E-state index contributed by atoms with van der Waals surface area (Å²) in [5.41, 5.74) is 1.03. The lowest BCUT2D eigenvalue weighted by Crippen LogP contribution is -2.47. The summed E-state index contributed by atoms with van der Waals surface area (Å²) in [4.78, 5) is 38.3. The number of fused-ring (bicyclic) bond motifs is 1. The fourth-order valence-corrected chi connectivity index (χ4v) is 5.15. The van der Waals surface area contributed by atoms with Gasteiger partial charge in [0.1, 0.15) is 10.9 Å². The highest BCUT2D eigenvalue weighted by atomic mass is 32.2. The molecule has 2 heterocycles. The highest BCUT2D eigenvalue weighted by Crippen LogP contribution is 2.54. The van der Waals surface area contributed by atoms with Crippen LogP contribution >= 0.6 is 11.8 Å². The van der Waals surface area contributed by atoms with Crippen molar-refractivity contribution in [2.45, 2.75) is 50.6 Å². The molecule has 2 aliphatic heterocycles. The Balaban J connectivity index is 1.66. The predicted molar refractivity (Wildman–Crippen MR) is 104 cm³/mol. The third-order valence-corrected chi connectivity index (χ3v) is 6.95. The number of thioether (sulfide) groups is 1. The molecule has 6 nitrogen and oxygen atoms in total. The lowest BCUT2D eigenvalue weighted by atomic mass is 10.0. The number of amides is 2. The van der Waals surface area contributed by atoms with Crippen molar-refractivity contribution in [3.05, 3.63) is 35.9 Å². The van der Waals surface area contributed by atoms with Crippen molar-refractivity contribution < 1.29 is 19.1 Å². The van der Waals surface area contributed by atoms with E-state index in [1.165, 1.54) is 0 Å². The Morgan fingerprint density at radius 2 is 2.00 bits per heavy atom. The molecule has 146 valence electrons. The lowest BCUT2D eigenvalue weighted by molar-refractivity contribution is -0.156. The lowest BCUT2D eigenvalue weighted by Gasteiger charge is -2.33. The second-order valence-electron chi connectivity index (χ2n) is 7.45. The first-order valence-corrected chi connectivity index (χ1v) is 10.3. The van der Waals surface area contributed by atoms with Gasteiger partial charge in [0.25, 0.3) is 5.91 Å². The number of ether oxygens (including phenoxy) is 1. The summed E-state index contributed by atoms with van der Waals surface area (Å²) in [6, 6.07) is 9.16. The van der Waals surface area contributed by atoms with Gasteiger partial charge < -0.3 is 15.0 Å². The van der Waals surface area contributed by atoms with E-state index in [2.05, 4.69) is 5.32 Å². The number of esters is 1. The minimum Gasteiger partial charge on any atom is -0.454 e. The zero-order valence-corrected chi connectivity index (χ0v) is 16.8. The Morgan fingerprint density at radius 3 is 2.67 bits per heavy atom. The number of rotatable bonds is 6. The molecular weight excluding hydrogens is 364 g/mol. The highest BCUT2D eigenvalue weighted by Gasteiger charge is 2.57. The monoisotopic (exact) mass is 390 g/mol. The summed E-state index contributed by atoms with van der Waals surface area (Å²) in [5, 5.41) is 2.81. The second-order valence-corrected chi connectivity index (χ2v) is 8.75. The van der Waals surface area contributed by atoms with E-state index in [0.29, 0.717) is 24.5 Å². The van der Waals surface area contributed by atoms with Gasteiger partial charge >= 0.3 is 5.97 Å². The van der Waals surface area contributed by atoms with Gasteiger partial charge in [0.2, 0.25) is 5.91 Å². The Morgan fingerprint density at radius 1 is 1.30 bits per heavy atom. The molecule has 2 saturated heterocycles. The first-order valence-electron chi connectivity index (χ1n) is 9.33. The molecule has 0 aromatic heterocycles. The molecule has 0 radical (unpaired) electrons. The van der Waals surface area contributed by atoms with Crippen molar-refractivity contribution in [3.63, 3.8) is 0 Å². The molecule has 0 saturated carbocycles. The average molecular weight is 391 g/mol. The van der Waals surface area contributed by atoms with E-state index in [1.54, 1.807) is 16.7 Å². The standard InChI is InChI=1S/C20H26N2O4S/c1-13(2)14(3)21-17(23)11-26-19(25)16-12-27-20(10-9-18(24)22(16)20)15-7-5-4-6-8-15/h4-8,13-14,16H,9-12H2,1-3H3,(H,21,23)/t14-,16-,20-/m1/s1. The van der Waals surface area contributed by atoms with E-state index in [1.807, 2.05) is 51.1 Å². The first kappa shape index (κ1) is 19.7. The van der Waals surface area contributed by atoms with Crippen molar-refractivity contribution >= 4 is 29.5 Å². The SMILES string of the molecule is CC(C)[C@@H](C)NC(=O)COC(=O)[C@H]1CS[C@@]2(c3ccccc3)CCC(=O)N12. The topological polar surface area (TPSA) is 75.7 Å². The van der Waals surface area contributed by atoms with E-state index >= 15 is 0 Å². The third-order valence-electron chi connectivity index (χ3n) is 5.36. The summed E-state index contributed by atoms with van der Waals surface area (Å²) in [5.74, 6) is -0.0998. The number of hydrogen-bond acceptors (Lipinski definition) is 5. The highest BCUT2D eigenvalue weighted by molar-refractivity contribution is 8.00. The van der Waals surface area contributed by atoms with Crippen LogP contribution in [0.2, 0.25) is 0 Å². The summed E-state index contributed by atoms with van der Waals surface area (Å²) in [6.45, 7) is 5.61. The van der Waals surface area contributed by atoms with E-state index in [4.69, 9.17) is 4.74 Å². The van der Waals surface area contributed by atoms with Crippen LogP contribution in [0.3, 0.4) is 0 Å². The molecule has 0 aliphatic carbocycles. The first-order chi connectivity index (χ1) is 12.8. The molecule has 0 bridgehead atoms. The van der Waals surface area contributed by atoms with Crippen molar-refractivity contribution in [1.29, 1.82) is 0 Å². The number of nitrogens with one attached hydrogen (secondary N) is 1. The van der Waals surface area contributed by atoms with Crippen molar-refractivity contribution in [1.82, 2.24) is 10.2 Å². The molecule has 3 rings (SSSR count). The van der Waals surface area contributed by atoms with Crippen LogP contribution in [0.4, 0.5) is 0 Å². The fourth-order valence-electron chi connectivity index (χ4n) is 3.51. The quantitative estimate of drug-likeness (QED) is 0.754. The average Bonchev–Trinajstić information content (AvgIpc) is 3.20. The second kappa shape index (κ2) is 7.92. The molecule has 1 aromatic carbocycles. The van der Waals surface area contributed by atoms with Crippen LogP contribution in [-0.2, 0) is 24.0 Å². The van der Waals surface area contributed by atoms with E-state index in [-0.39, 0.29) is 24.5 Å². The Hall–Kier alpha value is -2.02. The number of carbonyl (C=O) groups is 3. The third kappa shape index (κ3) is 3.83. The van der Waals surface area contributed by atoms with Crippen molar-refractivity contribution in [2.24, 2.45) is 5.92 Å². The number of carbonyl (C=O) groups excluding carboxylic acids is 3. The zero-order valence-electron chi connectivity index (χ0n) is 15.9. The summed E-state index contributed by atoms with van der Waals surface area (Å²) < 4.78 is 5.25. The van der Waals surface area contributed by atoms with Gasteiger partial charge in [0, 0.05) is 18.2 Å². The van der Waals surface area contributed by atoms with Crippen molar-refractivity contribution in [2.75, 3.05) is 12.4 Å². The minimum atomic E-state index is -0.652. The number of nitrogens with zero attached hydrogens (tertiary/aromatic N) is 1. The molecule has 1 aromatic rings.